The van der Waals surface area contributed by atoms with Crippen molar-refractivity contribution in [3.05, 3.63) is 0 Å². The van der Waals surface area contributed by atoms with Crippen LogP contribution in [0.5, 0.6) is 0 Å². The number of rotatable bonds is 57. The number of nitrogens with zero attached hydrogens (tertiary/aromatic N) is 9. The molecule has 0 aromatic carbocycles. The predicted octanol–water partition coefficient (Wildman–Crippen LogP) is -10.7. The van der Waals surface area contributed by atoms with E-state index in [1.165, 1.54) is 18.9 Å². The largest absolute Gasteiger partial charge is 0.395 e. The van der Waals surface area contributed by atoms with Crippen LogP contribution < -0.4 is 76.9 Å². The third-order valence-corrected chi connectivity index (χ3v) is 15.0. The summed E-state index contributed by atoms with van der Waals surface area (Å²) in [6.45, 7) is -3.23. The molecule has 590 valence electrons. The Bertz CT molecular complexity index is 2840. The monoisotopic (exact) mass is 1500 g/mol. The number of amidine groups is 1. The summed E-state index contributed by atoms with van der Waals surface area (Å²) in [5, 5.41) is 28.3. The number of aliphatic hydroxyl groups excluding tert-OH is 1. The summed E-state index contributed by atoms with van der Waals surface area (Å²) in [4.78, 5) is 233. The molecule has 41 nitrogen and oxygen atoms in total. The predicted molar refractivity (Wildman–Crippen MR) is 380 cm³/mol. The van der Waals surface area contributed by atoms with Gasteiger partial charge in [-0.15, -0.1) is 11.6 Å². The number of carbonyl (C=O) groups excluding carboxylic acids is 17. The molecule has 0 aliphatic rings. The minimum absolute atomic E-state index is 0.00408. The normalized spacial score (nSPS) is 10.9. The number of unbranched alkanes of at least 4 members (excludes halogenated alkanes) is 4. The standard InChI is InChI=1S/C62H112ClN23O18/c1-44(2)35-86(42-55(97)77-32-59(101)83(21-11-7-16-66)38-51(93)71-27-48(90)73-29-56(98)79(4)43-62(104)81(36-47(69)89)19-9-5-14-64)61(103)34-78-53(95)40-84(22-12-8-17-67)57(99)30-74-49(91)28-72-52(94)39-82(20-10-6-15-65)58(100)31-76-54(96)41-85(23-13-18-70-46(68)26-63)60(102)33-75-50(92)37-80(24-25-87)45(3)88/h44,87H,5-43,64-67H2,1-4H3,(H2,68,70)(H2,69,89)(H,71,93)(H,72,94)(H,73,90)(H,74,91)(H,75,92)(H,76,96)(H,77,97)(H,78,95). The SMILES string of the molecule is CC(=O)N(CCO)CC(=O)NCC(=O)N(CCCN=C(N)CCl)CC(=O)NCC(=O)N(CCCCN)CC(=O)NCC(=O)NCC(=O)N(CCCCN)CC(=O)NCC(=O)N(CC(=O)NCC(=O)N(CCCCN)CC(=O)NCC(=O)NCC(=O)N(C)CC(=O)N(CCCCN)CC(N)=O)CC(C)C. The Kier molecular flexibility index (Phi) is 51.0. The van der Waals surface area contributed by atoms with Gasteiger partial charge in [-0.05, 0) is 89.9 Å². The lowest BCUT2D eigenvalue weighted by Gasteiger charge is -2.26. The lowest BCUT2D eigenvalue weighted by molar-refractivity contribution is -0.141. The van der Waals surface area contributed by atoms with E-state index >= 15 is 0 Å². The number of halogens is 1. The Hall–Kier alpha value is -9.45. The third-order valence-electron chi connectivity index (χ3n) is 14.7. The molecule has 0 aromatic rings. The molecule has 104 heavy (non-hydrogen) atoms. The second-order valence-corrected chi connectivity index (χ2v) is 24.4. The maximum atomic E-state index is 13.6. The van der Waals surface area contributed by atoms with Crippen molar-refractivity contribution in [3.63, 3.8) is 0 Å². The molecule has 21 N–H and O–H groups in total. The number of aliphatic imine (C=N–C) groups is 1. The summed E-state index contributed by atoms with van der Waals surface area (Å²) in [6, 6.07) is 0. The smallest absolute Gasteiger partial charge is 0.242 e. The topological polar surface area (TPSA) is 601 Å². The molecule has 42 heteroatoms. The van der Waals surface area contributed by atoms with E-state index in [2.05, 4.69) is 47.5 Å². The van der Waals surface area contributed by atoms with Crippen molar-refractivity contribution in [2.45, 2.75) is 78.6 Å². The number of hydrogen-bond donors (Lipinski definition) is 15. The molecule has 0 saturated carbocycles. The molecule has 0 bridgehead atoms. The molecule has 0 unspecified atom stereocenters. The molecule has 17 amide bonds. The Morgan fingerprint density at radius 3 is 0.962 bits per heavy atom. The van der Waals surface area contributed by atoms with E-state index in [1.807, 2.05) is 0 Å². The van der Waals surface area contributed by atoms with Gasteiger partial charge in [0.25, 0.3) is 0 Å². The second-order valence-electron chi connectivity index (χ2n) is 24.2. The molecule has 0 saturated heterocycles. The van der Waals surface area contributed by atoms with E-state index < -0.39 is 205 Å². The van der Waals surface area contributed by atoms with Crippen molar-refractivity contribution in [2.75, 3.05) is 203 Å². The van der Waals surface area contributed by atoms with Crippen molar-refractivity contribution >= 4 is 118 Å². The first-order chi connectivity index (χ1) is 49.3. The van der Waals surface area contributed by atoms with E-state index in [4.69, 9.17) is 46.0 Å². The molecular weight excluding hydrogens is 1390 g/mol. The Morgan fingerprint density at radius 1 is 0.365 bits per heavy atom. The molecule has 0 rings (SSSR count). The third kappa shape index (κ3) is 45.5. The molecule has 0 atom stereocenters. The van der Waals surface area contributed by atoms with Gasteiger partial charge in [0.2, 0.25) is 100 Å². The fraction of sp³-hybridized carbons (Fsp3) is 0.710. The zero-order valence-corrected chi connectivity index (χ0v) is 61.2. The van der Waals surface area contributed by atoms with Crippen LogP contribution in [0, 0.1) is 5.92 Å². The Morgan fingerprint density at radius 2 is 0.654 bits per heavy atom. The molecule has 0 fully saturated rings. The van der Waals surface area contributed by atoms with Crippen molar-refractivity contribution in [1.29, 1.82) is 0 Å². The highest BCUT2D eigenvalue weighted by Gasteiger charge is 2.27. The number of nitrogens with one attached hydrogen (secondary N) is 8. The lowest BCUT2D eigenvalue weighted by Crippen LogP contribution is -2.51. The summed E-state index contributed by atoms with van der Waals surface area (Å²) < 4.78 is 0. The quantitative estimate of drug-likeness (QED) is 0.0116. The summed E-state index contributed by atoms with van der Waals surface area (Å²) in [6.07, 6.45) is 3.73. The van der Waals surface area contributed by atoms with Crippen molar-refractivity contribution in [3.8, 4) is 0 Å². The van der Waals surface area contributed by atoms with Gasteiger partial charge in [-0.3, -0.25) is 86.5 Å². The maximum absolute atomic E-state index is 13.6. The number of hydrogen-bond acceptors (Lipinski definition) is 23. The number of amides is 17. The second kappa shape index (κ2) is 56.1. The zero-order chi connectivity index (χ0) is 78.5. The molecule has 0 spiro atoms. The Balaban J connectivity index is 5.64. The number of alkyl halides is 1. The molecule has 0 aliphatic carbocycles. The van der Waals surface area contributed by atoms with Gasteiger partial charge in [0.15, 0.2) is 0 Å². The summed E-state index contributed by atoms with van der Waals surface area (Å²) in [7, 11) is 1.32. The molecule has 0 aliphatic heterocycles. The number of aliphatic hydroxyl groups is 1. The van der Waals surface area contributed by atoms with E-state index in [-0.39, 0.29) is 103 Å². The fourth-order valence-corrected chi connectivity index (χ4v) is 9.20. The minimum atomic E-state index is -0.833. The molecule has 0 heterocycles. The average molecular weight is 1500 g/mol. The number of carbonyl (C=O) groups is 17. The van der Waals surface area contributed by atoms with E-state index in [0.29, 0.717) is 57.9 Å². The highest BCUT2D eigenvalue weighted by Crippen LogP contribution is 2.05. The van der Waals surface area contributed by atoms with Gasteiger partial charge in [0, 0.05) is 66.3 Å². The van der Waals surface area contributed by atoms with Crippen molar-refractivity contribution < 1.29 is 86.6 Å². The molecular formula is C62H112ClN23O18. The first kappa shape index (κ1) is 94.6. The van der Waals surface area contributed by atoms with Crippen LogP contribution in [0.25, 0.3) is 0 Å². The van der Waals surface area contributed by atoms with Crippen molar-refractivity contribution in [1.82, 2.24) is 81.7 Å². The van der Waals surface area contributed by atoms with Gasteiger partial charge in [0.1, 0.15) is 5.84 Å². The number of likely N-dealkylation sites (N-methyl/N-ethyl adjacent to an activating group) is 1. The lowest BCUT2D eigenvalue weighted by atomic mass is 10.2. The van der Waals surface area contributed by atoms with Crippen LogP contribution in [-0.4, -0.2) is 353 Å². The van der Waals surface area contributed by atoms with Crippen molar-refractivity contribution in [2.24, 2.45) is 45.3 Å². The van der Waals surface area contributed by atoms with Gasteiger partial charge < -0.3 is 121 Å². The summed E-state index contributed by atoms with van der Waals surface area (Å²) in [5.41, 5.74) is 33.4. The van der Waals surface area contributed by atoms with Gasteiger partial charge in [-0.1, -0.05) is 13.8 Å². The van der Waals surface area contributed by atoms with Crippen LogP contribution in [-0.2, 0) is 81.5 Å². The van der Waals surface area contributed by atoms with Gasteiger partial charge in [0.05, 0.1) is 117 Å². The van der Waals surface area contributed by atoms with Gasteiger partial charge in [-0.25, -0.2) is 0 Å². The van der Waals surface area contributed by atoms with Crippen LogP contribution in [0.4, 0.5) is 0 Å². The van der Waals surface area contributed by atoms with Crippen LogP contribution in [0.2, 0.25) is 0 Å². The average Bonchev–Trinajstić information content (AvgIpc) is 0.909. The zero-order valence-electron chi connectivity index (χ0n) is 60.4. The molecule has 0 radical (unpaired) electrons. The highest BCUT2D eigenvalue weighted by molar-refractivity contribution is 6.28. The van der Waals surface area contributed by atoms with E-state index in [0.717, 1.165) is 34.3 Å². The highest BCUT2D eigenvalue weighted by atomic mass is 35.5. The van der Waals surface area contributed by atoms with Crippen LogP contribution in [0.3, 0.4) is 0 Å². The first-order valence-corrected chi connectivity index (χ1v) is 34.7. The van der Waals surface area contributed by atoms with Gasteiger partial charge in [-0.2, -0.15) is 0 Å². The minimum Gasteiger partial charge on any atom is -0.395 e. The first-order valence-electron chi connectivity index (χ1n) is 34.2. The van der Waals surface area contributed by atoms with Gasteiger partial charge >= 0.3 is 0 Å². The van der Waals surface area contributed by atoms with E-state index in [1.54, 1.807) is 13.8 Å². The van der Waals surface area contributed by atoms with Crippen LogP contribution >= 0.6 is 11.6 Å². The van der Waals surface area contributed by atoms with E-state index in [9.17, 15) is 86.6 Å². The molecule has 0 aromatic heterocycles. The fourth-order valence-electron chi connectivity index (χ4n) is 9.11. The number of primary amides is 1. The Labute approximate surface area is 610 Å². The number of nitrogens with two attached hydrogens (primary N) is 6. The summed E-state index contributed by atoms with van der Waals surface area (Å²) >= 11 is 5.69. The maximum Gasteiger partial charge on any atom is 0.242 e. The van der Waals surface area contributed by atoms with Crippen LogP contribution in [0.1, 0.15) is 78.6 Å². The summed E-state index contributed by atoms with van der Waals surface area (Å²) in [5.74, 6) is -12.3. The van der Waals surface area contributed by atoms with Crippen LogP contribution in [0.15, 0.2) is 4.99 Å².